The van der Waals surface area contributed by atoms with Crippen molar-refractivity contribution in [2.24, 2.45) is 0 Å². The molecule has 0 aliphatic rings. The van der Waals surface area contributed by atoms with Crippen molar-refractivity contribution in [3.63, 3.8) is 0 Å². The first-order valence-electron chi connectivity index (χ1n) is 34.5. The lowest BCUT2D eigenvalue weighted by molar-refractivity contribution is -0.167. The van der Waals surface area contributed by atoms with Crippen molar-refractivity contribution in [2.75, 3.05) is 13.2 Å². The molecule has 77 heavy (non-hydrogen) atoms. The average molecular weight is 1080 g/mol. The lowest BCUT2D eigenvalue weighted by Gasteiger charge is -2.18. The van der Waals surface area contributed by atoms with Crippen molar-refractivity contribution in [1.29, 1.82) is 0 Å². The van der Waals surface area contributed by atoms with Crippen LogP contribution in [-0.4, -0.2) is 37.2 Å². The number of esters is 3. The van der Waals surface area contributed by atoms with Crippen molar-refractivity contribution in [3.8, 4) is 0 Å². The molecule has 6 nitrogen and oxygen atoms in total. The van der Waals surface area contributed by atoms with E-state index >= 15 is 0 Å². The van der Waals surface area contributed by atoms with Crippen LogP contribution < -0.4 is 0 Å². The minimum Gasteiger partial charge on any atom is -0.462 e. The Labute approximate surface area is 480 Å². The van der Waals surface area contributed by atoms with Crippen LogP contribution in [0.3, 0.4) is 0 Å². The van der Waals surface area contributed by atoms with E-state index < -0.39 is 6.10 Å². The van der Waals surface area contributed by atoms with Gasteiger partial charge in [0.25, 0.3) is 0 Å². The van der Waals surface area contributed by atoms with E-state index in [1.165, 1.54) is 276 Å². The van der Waals surface area contributed by atoms with Crippen molar-refractivity contribution in [1.82, 2.24) is 0 Å². The molecule has 0 aromatic heterocycles. The van der Waals surface area contributed by atoms with Gasteiger partial charge in [-0.1, -0.05) is 320 Å². The number of carbonyl (C=O) groups excluding carboxylic acids is 3. The van der Waals surface area contributed by atoms with Gasteiger partial charge in [-0.15, -0.1) is 0 Å². The van der Waals surface area contributed by atoms with Gasteiger partial charge in [0.05, 0.1) is 0 Å². The van der Waals surface area contributed by atoms with Gasteiger partial charge < -0.3 is 14.2 Å². The van der Waals surface area contributed by atoms with Crippen molar-refractivity contribution in [2.45, 2.75) is 386 Å². The molecule has 0 bridgehead atoms. The van der Waals surface area contributed by atoms with E-state index in [0.29, 0.717) is 19.3 Å². The Balaban J connectivity index is 4.21. The zero-order valence-corrected chi connectivity index (χ0v) is 52.0. The maximum atomic E-state index is 12.9. The summed E-state index contributed by atoms with van der Waals surface area (Å²) in [4.78, 5) is 38.4. The number of hydrogen-bond donors (Lipinski definition) is 0. The molecule has 0 aromatic rings. The van der Waals surface area contributed by atoms with E-state index in [4.69, 9.17) is 14.2 Å². The van der Waals surface area contributed by atoms with Crippen LogP contribution in [0.4, 0.5) is 0 Å². The van der Waals surface area contributed by atoms with Gasteiger partial charge in [-0.2, -0.15) is 0 Å². The average Bonchev–Trinajstić information content (AvgIpc) is 3.43. The number of hydrogen-bond acceptors (Lipinski definition) is 6. The summed E-state index contributed by atoms with van der Waals surface area (Å²) in [6.45, 7) is 6.68. The fourth-order valence-corrected chi connectivity index (χ4v) is 10.4. The summed E-state index contributed by atoms with van der Waals surface area (Å²) in [5.74, 6) is -0.846. The van der Waals surface area contributed by atoms with Gasteiger partial charge in [-0.05, 0) is 77.0 Å². The molecular weight excluding hydrogens is 949 g/mol. The molecule has 0 spiro atoms. The molecule has 0 N–H and O–H groups in total. The predicted molar refractivity (Wildman–Crippen MR) is 335 cm³/mol. The van der Waals surface area contributed by atoms with Crippen LogP contribution in [0.5, 0.6) is 0 Å². The quantitative estimate of drug-likeness (QED) is 0.0261. The normalized spacial score (nSPS) is 12.2. The standard InChI is InChI=1S/C71H132O6/c1-4-7-10-13-16-19-22-25-27-29-31-32-33-34-35-36-37-38-40-41-43-46-49-52-55-58-61-64-70(73)76-67-68(66-75-69(72)63-60-57-54-51-48-45-24-21-18-15-12-9-6-3)77-71(74)65-62-59-56-53-50-47-44-42-39-30-28-26-23-20-17-14-11-8-5-2/h17,20,26,28-29,31,68H,4-16,18-19,21-25,27,30,32-67H2,1-3H3/b20-17-,28-26-,31-29-. The Morgan fingerprint density at radius 2 is 0.468 bits per heavy atom. The first-order chi connectivity index (χ1) is 38.0. The van der Waals surface area contributed by atoms with E-state index in [2.05, 4.69) is 57.2 Å². The second-order valence-electron chi connectivity index (χ2n) is 23.4. The first-order valence-corrected chi connectivity index (χ1v) is 34.5. The van der Waals surface area contributed by atoms with E-state index in [1.54, 1.807) is 0 Å². The van der Waals surface area contributed by atoms with Gasteiger partial charge in [-0.25, -0.2) is 0 Å². The molecule has 0 saturated carbocycles. The molecular formula is C71H132O6. The number of unbranched alkanes of at least 4 members (excludes halogenated alkanes) is 47. The fraction of sp³-hybridized carbons (Fsp3) is 0.873. The Morgan fingerprint density at radius 1 is 0.260 bits per heavy atom. The molecule has 0 saturated heterocycles. The Morgan fingerprint density at radius 3 is 0.753 bits per heavy atom. The molecule has 1 atom stereocenters. The number of ether oxygens (including phenoxy) is 3. The van der Waals surface area contributed by atoms with Gasteiger partial charge in [0.1, 0.15) is 13.2 Å². The van der Waals surface area contributed by atoms with E-state index in [-0.39, 0.29) is 31.1 Å². The van der Waals surface area contributed by atoms with Crippen LogP contribution >= 0.6 is 0 Å². The summed E-state index contributed by atoms with van der Waals surface area (Å²) < 4.78 is 17.0. The van der Waals surface area contributed by atoms with Gasteiger partial charge in [0.2, 0.25) is 0 Å². The molecule has 0 aliphatic heterocycles. The Hall–Kier alpha value is -2.37. The minimum absolute atomic E-state index is 0.0686. The summed E-state index contributed by atoms with van der Waals surface area (Å²) in [5, 5.41) is 0. The lowest BCUT2D eigenvalue weighted by Crippen LogP contribution is -2.30. The van der Waals surface area contributed by atoms with Gasteiger partial charge in [0, 0.05) is 19.3 Å². The van der Waals surface area contributed by atoms with Crippen LogP contribution in [-0.2, 0) is 28.6 Å². The molecule has 0 amide bonds. The third kappa shape index (κ3) is 64.3. The molecule has 0 radical (unpaired) electrons. The van der Waals surface area contributed by atoms with Crippen LogP contribution in [0.2, 0.25) is 0 Å². The third-order valence-electron chi connectivity index (χ3n) is 15.6. The monoisotopic (exact) mass is 1080 g/mol. The summed E-state index contributed by atoms with van der Waals surface area (Å²) in [7, 11) is 0. The molecule has 0 aromatic carbocycles. The maximum absolute atomic E-state index is 12.9. The maximum Gasteiger partial charge on any atom is 0.306 e. The van der Waals surface area contributed by atoms with Crippen molar-refractivity contribution < 1.29 is 28.6 Å². The zero-order valence-electron chi connectivity index (χ0n) is 52.0. The Kier molecular flexibility index (Phi) is 64.1. The second kappa shape index (κ2) is 66.1. The predicted octanol–water partition coefficient (Wildman–Crippen LogP) is 23.6. The molecule has 452 valence electrons. The van der Waals surface area contributed by atoms with Crippen LogP contribution in [0.15, 0.2) is 36.5 Å². The number of rotatable bonds is 64. The van der Waals surface area contributed by atoms with E-state index in [9.17, 15) is 14.4 Å². The van der Waals surface area contributed by atoms with Crippen LogP contribution in [0.1, 0.15) is 380 Å². The first kappa shape index (κ1) is 74.6. The van der Waals surface area contributed by atoms with Gasteiger partial charge in [-0.3, -0.25) is 14.4 Å². The summed E-state index contributed by atoms with van der Waals surface area (Å²) >= 11 is 0. The smallest absolute Gasteiger partial charge is 0.306 e. The second-order valence-corrected chi connectivity index (χ2v) is 23.4. The molecule has 1 unspecified atom stereocenters. The highest BCUT2D eigenvalue weighted by Crippen LogP contribution is 2.18. The van der Waals surface area contributed by atoms with Crippen LogP contribution in [0, 0.1) is 0 Å². The molecule has 0 rings (SSSR count). The number of carbonyl (C=O) groups is 3. The topological polar surface area (TPSA) is 78.9 Å². The van der Waals surface area contributed by atoms with Crippen molar-refractivity contribution >= 4 is 17.9 Å². The SMILES string of the molecule is CCCCC/C=C\C/C=C\CCCCCCCCCCCC(=O)OC(COC(=O)CCCCCCCCCCCCCCC)COC(=O)CCCCCCCCCCCCCCCCC/C=C\CCCCCCCCCC. The zero-order chi connectivity index (χ0) is 55.7. The summed E-state index contributed by atoms with van der Waals surface area (Å²) in [6.07, 6.45) is 81.7. The number of allylic oxidation sites excluding steroid dienone is 6. The van der Waals surface area contributed by atoms with Crippen LogP contribution in [0.25, 0.3) is 0 Å². The fourth-order valence-electron chi connectivity index (χ4n) is 10.4. The highest BCUT2D eigenvalue weighted by atomic mass is 16.6. The largest absolute Gasteiger partial charge is 0.462 e. The third-order valence-corrected chi connectivity index (χ3v) is 15.6. The minimum atomic E-state index is -0.772. The van der Waals surface area contributed by atoms with Gasteiger partial charge >= 0.3 is 17.9 Å². The molecule has 0 fully saturated rings. The highest BCUT2D eigenvalue weighted by molar-refractivity contribution is 5.71. The van der Waals surface area contributed by atoms with Crippen molar-refractivity contribution in [3.05, 3.63) is 36.5 Å². The van der Waals surface area contributed by atoms with E-state index in [1.807, 2.05) is 0 Å². The highest BCUT2D eigenvalue weighted by Gasteiger charge is 2.19. The summed E-state index contributed by atoms with van der Waals surface area (Å²) in [6, 6.07) is 0. The molecule has 0 heterocycles. The molecule has 0 aliphatic carbocycles. The lowest BCUT2D eigenvalue weighted by atomic mass is 10.0. The molecule has 6 heteroatoms. The van der Waals surface area contributed by atoms with E-state index in [0.717, 1.165) is 64.2 Å². The summed E-state index contributed by atoms with van der Waals surface area (Å²) in [5.41, 5.74) is 0. The van der Waals surface area contributed by atoms with Gasteiger partial charge in [0.15, 0.2) is 6.10 Å². The Bertz CT molecular complexity index is 1290.